The molecule has 0 aromatic carbocycles. The molecule has 6 nitrogen and oxygen atoms in total. The molecule has 0 fully saturated rings. The number of fused-ring (bicyclic) bond motifs is 1. The van der Waals surface area contributed by atoms with Gasteiger partial charge in [0.05, 0.1) is 6.20 Å². The second-order valence-corrected chi connectivity index (χ2v) is 4.33. The summed E-state index contributed by atoms with van der Waals surface area (Å²) >= 11 is 5.23. The largest absolute Gasteiger partial charge is 0.369 e. The number of nitrogens with one attached hydrogen (secondary N) is 1. The zero-order valence-corrected chi connectivity index (χ0v) is 9.98. The molecule has 0 aliphatic carbocycles. The van der Waals surface area contributed by atoms with Crippen molar-refractivity contribution in [1.82, 2.24) is 30.0 Å². The molecule has 0 saturated heterocycles. The van der Waals surface area contributed by atoms with E-state index in [1.54, 1.807) is 18.6 Å². The molecule has 3 rings (SSSR count). The molecule has 1 N–H and O–H groups in total. The van der Waals surface area contributed by atoms with Gasteiger partial charge in [-0.3, -0.25) is 4.98 Å². The Morgan fingerprint density at radius 1 is 1.35 bits per heavy atom. The maximum absolute atomic E-state index is 5.23. The molecule has 0 spiro atoms. The third-order valence-corrected chi connectivity index (χ3v) is 2.88. The van der Waals surface area contributed by atoms with E-state index in [1.807, 2.05) is 4.57 Å². The summed E-state index contributed by atoms with van der Waals surface area (Å²) < 4.78 is 1.98. The summed E-state index contributed by atoms with van der Waals surface area (Å²) in [7, 11) is 0. The Morgan fingerprint density at radius 2 is 2.18 bits per heavy atom. The first-order valence-corrected chi connectivity index (χ1v) is 5.67. The average molecular weight is 246 g/mol. The van der Waals surface area contributed by atoms with E-state index in [9.17, 15) is 0 Å². The van der Waals surface area contributed by atoms with Gasteiger partial charge in [0.1, 0.15) is 10.7 Å². The zero-order chi connectivity index (χ0) is 11.8. The molecule has 0 amide bonds. The molecule has 7 heteroatoms. The maximum Gasteiger partial charge on any atom is 0.191 e. The van der Waals surface area contributed by atoms with Gasteiger partial charge in [-0.25, -0.2) is 4.98 Å². The molecule has 86 valence electrons. The topological polar surface area (TPSA) is 68.5 Å². The molecule has 1 aliphatic rings. The minimum atomic E-state index is 0.265. The van der Waals surface area contributed by atoms with Gasteiger partial charge >= 0.3 is 0 Å². The van der Waals surface area contributed by atoms with Gasteiger partial charge in [-0.15, -0.1) is 10.2 Å². The standard InChI is InChI=1S/C10H10N6S/c1-6-5-16-8(7-4-11-2-3-12-7)14-15-9(16)10(17)13-6/h2-4,6H,5H2,1H3,(H,13,17). The fourth-order valence-corrected chi connectivity index (χ4v) is 2.21. The zero-order valence-electron chi connectivity index (χ0n) is 9.16. The van der Waals surface area contributed by atoms with E-state index >= 15 is 0 Å². The molecule has 2 aromatic heterocycles. The first kappa shape index (κ1) is 10.3. The average Bonchev–Trinajstić information content (AvgIpc) is 2.74. The lowest BCUT2D eigenvalue weighted by atomic mass is 10.2. The van der Waals surface area contributed by atoms with Crippen LogP contribution in [0.3, 0.4) is 0 Å². The van der Waals surface area contributed by atoms with Crippen LogP contribution < -0.4 is 5.32 Å². The van der Waals surface area contributed by atoms with Gasteiger partial charge < -0.3 is 9.88 Å². The van der Waals surface area contributed by atoms with Crippen molar-refractivity contribution in [1.29, 1.82) is 0 Å². The Kier molecular flexibility index (Phi) is 2.32. The van der Waals surface area contributed by atoms with Gasteiger partial charge in [0.2, 0.25) is 0 Å². The first-order valence-electron chi connectivity index (χ1n) is 5.26. The van der Waals surface area contributed by atoms with E-state index in [0.29, 0.717) is 22.3 Å². The highest BCUT2D eigenvalue weighted by Gasteiger charge is 2.24. The Labute approximate surface area is 103 Å². The lowest BCUT2D eigenvalue weighted by Crippen LogP contribution is -2.42. The number of aromatic nitrogens is 5. The maximum atomic E-state index is 5.23. The number of hydrogen-bond acceptors (Lipinski definition) is 5. The van der Waals surface area contributed by atoms with Gasteiger partial charge in [-0.05, 0) is 6.92 Å². The Morgan fingerprint density at radius 3 is 2.94 bits per heavy atom. The smallest absolute Gasteiger partial charge is 0.191 e. The van der Waals surface area contributed by atoms with Crippen LogP contribution in [-0.2, 0) is 6.54 Å². The quantitative estimate of drug-likeness (QED) is 0.735. The van der Waals surface area contributed by atoms with E-state index in [1.165, 1.54) is 0 Å². The summed E-state index contributed by atoms with van der Waals surface area (Å²) in [5.74, 6) is 1.41. The van der Waals surface area contributed by atoms with Gasteiger partial charge in [0, 0.05) is 25.0 Å². The molecular weight excluding hydrogens is 236 g/mol. The predicted octanol–water partition coefficient (Wildman–Crippen LogP) is 0.402. The molecule has 1 atom stereocenters. The summed E-state index contributed by atoms with van der Waals surface area (Å²) in [6.45, 7) is 2.84. The van der Waals surface area contributed by atoms with Crippen LogP contribution in [0.4, 0.5) is 0 Å². The van der Waals surface area contributed by atoms with Crippen LogP contribution in [0, 0.1) is 0 Å². The lowest BCUT2D eigenvalue weighted by molar-refractivity contribution is 0.523. The minimum Gasteiger partial charge on any atom is -0.369 e. The van der Waals surface area contributed by atoms with Gasteiger partial charge in [-0.1, -0.05) is 12.2 Å². The number of thiocarbonyl (C=S) groups is 1. The summed E-state index contributed by atoms with van der Waals surface area (Å²) in [4.78, 5) is 8.90. The summed E-state index contributed by atoms with van der Waals surface area (Å²) in [5.41, 5.74) is 0.711. The highest BCUT2D eigenvalue weighted by Crippen LogP contribution is 2.18. The van der Waals surface area contributed by atoms with Crippen LogP contribution in [0.5, 0.6) is 0 Å². The highest BCUT2D eigenvalue weighted by molar-refractivity contribution is 7.80. The van der Waals surface area contributed by atoms with Crippen molar-refractivity contribution in [2.24, 2.45) is 0 Å². The first-order chi connectivity index (χ1) is 8.25. The van der Waals surface area contributed by atoms with Crippen LogP contribution in [0.15, 0.2) is 18.6 Å². The summed E-state index contributed by atoms with van der Waals surface area (Å²) in [5, 5.41) is 11.4. The SMILES string of the molecule is CC1Cn2c(nnc2-c2cnccn2)C(=S)N1. The minimum absolute atomic E-state index is 0.265. The Hall–Kier alpha value is -1.89. The molecule has 0 bridgehead atoms. The molecule has 1 aliphatic heterocycles. The highest BCUT2D eigenvalue weighted by atomic mass is 32.1. The third kappa shape index (κ3) is 1.68. The van der Waals surface area contributed by atoms with Crippen molar-refractivity contribution in [2.45, 2.75) is 19.5 Å². The van der Waals surface area contributed by atoms with Gasteiger partial charge in [0.25, 0.3) is 0 Å². The molecular formula is C10H10N6S. The summed E-state index contributed by atoms with van der Waals surface area (Å²) in [6, 6.07) is 0.265. The van der Waals surface area contributed by atoms with E-state index < -0.39 is 0 Å². The fourth-order valence-electron chi connectivity index (χ4n) is 1.86. The second-order valence-electron chi connectivity index (χ2n) is 3.92. The molecule has 17 heavy (non-hydrogen) atoms. The second kappa shape index (κ2) is 3.85. The van der Waals surface area contributed by atoms with E-state index in [4.69, 9.17) is 12.2 Å². The van der Waals surface area contributed by atoms with Crippen LogP contribution in [0.2, 0.25) is 0 Å². The van der Waals surface area contributed by atoms with Crippen molar-refractivity contribution in [2.75, 3.05) is 0 Å². The Bertz CT molecular complexity index is 563. The fraction of sp³-hybridized carbons (Fsp3) is 0.300. The van der Waals surface area contributed by atoms with Gasteiger partial charge in [0.15, 0.2) is 11.6 Å². The van der Waals surface area contributed by atoms with Crippen LogP contribution >= 0.6 is 12.2 Å². The number of rotatable bonds is 1. The summed E-state index contributed by atoms with van der Waals surface area (Å²) in [6.07, 6.45) is 4.94. The van der Waals surface area contributed by atoms with E-state index in [2.05, 4.69) is 32.4 Å². The number of hydrogen-bond donors (Lipinski definition) is 1. The van der Waals surface area contributed by atoms with E-state index in [0.717, 1.165) is 6.54 Å². The van der Waals surface area contributed by atoms with Crippen molar-refractivity contribution < 1.29 is 0 Å². The van der Waals surface area contributed by atoms with Crippen molar-refractivity contribution in [3.63, 3.8) is 0 Å². The van der Waals surface area contributed by atoms with Crippen LogP contribution in [-0.4, -0.2) is 35.8 Å². The van der Waals surface area contributed by atoms with E-state index in [-0.39, 0.29) is 6.04 Å². The lowest BCUT2D eigenvalue weighted by Gasteiger charge is -2.23. The predicted molar refractivity (Wildman–Crippen MR) is 65.3 cm³/mol. The number of nitrogens with zero attached hydrogens (tertiary/aromatic N) is 5. The Balaban J connectivity index is 2.12. The molecule has 1 unspecified atom stereocenters. The normalized spacial score (nSPS) is 18.6. The monoisotopic (exact) mass is 246 g/mol. The van der Waals surface area contributed by atoms with Crippen LogP contribution in [0.1, 0.15) is 12.7 Å². The van der Waals surface area contributed by atoms with Gasteiger partial charge in [-0.2, -0.15) is 0 Å². The molecule has 2 aromatic rings. The molecule has 0 saturated carbocycles. The van der Waals surface area contributed by atoms with Crippen molar-refractivity contribution in [3.8, 4) is 11.5 Å². The molecule has 3 heterocycles. The van der Waals surface area contributed by atoms with Crippen molar-refractivity contribution >= 4 is 17.2 Å². The van der Waals surface area contributed by atoms with Crippen molar-refractivity contribution in [3.05, 3.63) is 24.4 Å². The van der Waals surface area contributed by atoms with Crippen LogP contribution in [0.25, 0.3) is 11.5 Å². The molecule has 0 radical (unpaired) electrons. The third-order valence-electron chi connectivity index (χ3n) is 2.58.